The number of epoxide rings is 1. The summed E-state index contributed by atoms with van der Waals surface area (Å²) in [6, 6.07) is 0. The fourth-order valence-corrected chi connectivity index (χ4v) is 4.60. The first kappa shape index (κ1) is 21.1. The van der Waals surface area contributed by atoms with Crippen molar-refractivity contribution < 1.29 is 18.9 Å². The molecule has 2 aliphatic rings. The fraction of sp³-hybridized carbons (Fsp3) is 1.00. The number of unbranched alkanes of at least 4 members (excludes halogenated alkanes) is 5. The van der Waals surface area contributed by atoms with E-state index in [4.69, 9.17) is 18.9 Å². The van der Waals surface area contributed by atoms with Crippen molar-refractivity contribution in [1.82, 2.24) is 0 Å². The van der Waals surface area contributed by atoms with Crippen molar-refractivity contribution in [1.29, 1.82) is 0 Å². The second kappa shape index (κ2) is 10.9. The van der Waals surface area contributed by atoms with E-state index in [1.54, 1.807) is 21.3 Å². The van der Waals surface area contributed by atoms with Crippen LogP contribution < -0.4 is 0 Å². The minimum atomic E-state index is -0.892. The molecule has 0 N–H and O–H groups in total. The van der Waals surface area contributed by atoms with Crippen molar-refractivity contribution in [3.8, 4) is 0 Å². The fourth-order valence-electron chi connectivity index (χ4n) is 4.60. The molecule has 148 valence electrons. The van der Waals surface area contributed by atoms with Crippen LogP contribution in [0.5, 0.6) is 0 Å². The Morgan fingerprint density at radius 2 is 1.56 bits per heavy atom. The lowest BCUT2D eigenvalue weighted by Gasteiger charge is -2.37. The van der Waals surface area contributed by atoms with E-state index < -0.39 is 5.97 Å². The van der Waals surface area contributed by atoms with Crippen molar-refractivity contribution in [2.45, 2.75) is 102 Å². The number of hydrogen-bond donors (Lipinski definition) is 0. The van der Waals surface area contributed by atoms with Crippen LogP contribution in [-0.4, -0.2) is 39.5 Å². The van der Waals surface area contributed by atoms with Crippen LogP contribution in [0.3, 0.4) is 0 Å². The molecule has 2 fully saturated rings. The molecule has 4 atom stereocenters. The lowest BCUT2D eigenvalue weighted by atomic mass is 9.82. The molecule has 25 heavy (non-hydrogen) atoms. The second-order valence-electron chi connectivity index (χ2n) is 7.94. The summed E-state index contributed by atoms with van der Waals surface area (Å²) < 4.78 is 22.8. The molecule has 1 aliphatic carbocycles. The van der Waals surface area contributed by atoms with Crippen molar-refractivity contribution in [2.75, 3.05) is 21.3 Å². The Balaban J connectivity index is 1.80. The van der Waals surface area contributed by atoms with Crippen LogP contribution in [0, 0.1) is 11.8 Å². The average Bonchev–Trinajstić information content (AvgIpc) is 3.42. The van der Waals surface area contributed by atoms with Gasteiger partial charge in [0.1, 0.15) is 0 Å². The van der Waals surface area contributed by atoms with E-state index in [1.807, 2.05) is 0 Å². The van der Waals surface area contributed by atoms with E-state index >= 15 is 0 Å². The summed E-state index contributed by atoms with van der Waals surface area (Å²) in [7, 11) is 5.10. The van der Waals surface area contributed by atoms with Crippen molar-refractivity contribution in [3.05, 3.63) is 0 Å². The van der Waals surface area contributed by atoms with Gasteiger partial charge in [-0.15, -0.1) is 0 Å². The third-order valence-corrected chi connectivity index (χ3v) is 6.30. The Bertz CT molecular complexity index is 348. The maximum atomic E-state index is 5.69. The van der Waals surface area contributed by atoms with E-state index in [0.717, 1.165) is 18.8 Å². The zero-order chi connectivity index (χ0) is 18.1. The largest absolute Gasteiger partial charge is 0.370 e. The zero-order valence-electron chi connectivity index (χ0n) is 16.9. The van der Waals surface area contributed by atoms with Gasteiger partial charge in [-0.3, -0.25) is 0 Å². The quantitative estimate of drug-likeness (QED) is 0.241. The Hall–Kier alpha value is -0.160. The molecule has 0 aromatic heterocycles. The molecule has 0 aromatic rings. The van der Waals surface area contributed by atoms with Gasteiger partial charge in [0.25, 0.3) is 5.97 Å². The van der Waals surface area contributed by atoms with Gasteiger partial charge in [-0.05, 0) is 44.4 Å². The molecule has 4 heteroatoms. The van der Waals surface area contributed by atoms with E-state index in [2.05, 4.69) is 6.92 Å². The highest BCUT2D eigenvalue weighted by atomic mass is 16.9. The van der Waals surface area contributed by atoms with Crippen LogP contribution in [0.25, 0.3) is 0 Å². The normalized spacial score (nSPS) is 27.1. The van der Waals surface area contributed by atoms with Crippen LogP contribution in [0.1, 0.15) is 84.0 Å². The predicted molar refractivity (Wildman–Crippen MR) is 100 cm³/mol. The molecule has 4 nitrogen and oxygen atoms in total. The highest BCUT2D eigenvalue weighted by molar-refractivity contribution is 4.92. The number of fused-ring (bicyclic) bond motifs is 1. The van der Waals surface area contributed by atoms with Gasteiger partial charge in [0.05, 0.1) is 12.2 Å². The summed E-state index contributed by atoms with van der Waals surface area (Å²) in [6.07, 6.45) is 16.3. The maximum Gasteiger partial charge on any atom is 0.285 e. The lowest BCUT2D eigenvalue weighted by molar-refractivity contribution is -0.380. The van der Waals surface area contributed by atoms with Crippen LogP contribution in [0.15, 0.2) is 0 Å². The van der Waals surface area contributed by atoms with E-state index in [0.29, 0.717) is 12.2 Å². The van der Waals surface area contributed by atoms with Gasteiger partial charge in [-0.25, -0.2) is 0 Å². The van der Waals surface area contributed by atoms with Gasteiger partial charge in [-0.2, -0.15) is 0 Å². The first-order valence-corrected chi connectivity index (χ1v) is 10.5. The summed E-state index contributed by atoms with van der Waals surface area (Å²) in [5.41, 5.74) is 0. The highest BCUT2D eigenvalue weighted by Crippen LogP contribution is 2.42. The standard InChI is InChI=1S/C21H40O4/c1-5-6-7-8-9-10-11-18(21(22-2,23-3)24-4)14-12-17-13-15-19-20(16-17)25-19/h17-20H,5-16H2,1-4H3. The molecule has 0 radical (unpaired) electrons. The van der Waals surface area contributed by atoms with Gasteiger partial charge in [0.15, 0.2) is 0 Å². The first-order chi connectivity index (χ1) is 12.2. The lowest BCUT2D eigenvalue weighted by Crippen LogP contribution is -2.44. The Labute approximate surface area is 154 Å². The zero-order valence-corrected chi connectivity index (χ0v) is 16.9. The summed E-state index contributed by atoms with van der Waals surface area (Å²) >= 11 is 0. The Kier molecular flexibility index (Phi) is 9.18. The third-order valence-electron chi connectivity index (χ3n) is 6.30. The van der Waals surface area contributed by atoms with Crippen LogP contribution >= 0.6 is 0 Å². The maximum absolute atomic E-state index is 5.69. The molecular weight excluding hydrogens is 316 g/mol. The third kappa shape index (κ3) is 6.20. The molecule has 4 unspecified atom stereocenters. The first-order valence-electron chi connectivity index (χ1n) is 10.5. The number of methoxy groups -OCH3 is 3. The van der Waals surface area contributed by atoms with E-state index in [9.17, 15) is 0 Å². The van der Waals surface area contributed by atoms with Crippen LogP contribution in [0.2, 0.25) is 0 Å². The molecule has 1 saturated heterocycles. The number of hydrogen-bond acceptors (Lipinski definition) is 4. The van der Waals surface area contributed by atoms with Crippen molar-refractivity contribution in [3.63, 3.8) is 0 Å². The molecular formula is C21H40O4. The second-order valence-corrected chi connectivity index (χ2v) is 7.94. The Morgan fingerprint density at radius 3 is 2.20 bits per heavy atom. The molecule has 1 saturated carbocycles. The van der Waals surface area contributed by atoms with Crippen molar-refractivity contribution >= 4 is 0 Å². The van der Waals surface area contributed by atoms with Crippen molar-refractivity contribution in [2.24, 2.45) is 11.8 Å². The molecule has 0 aromatic carbocycles. The smallest absolute Gasteiger partial charge is 0.285 e. The molecule has 0 spiro atoms. The SMILES string of the molecule is CCCCCCCCC(CCC1CCC2OC2C1)C(OC)(OC)OC. The molecule has 1 aliphatic heterocycles. The van der Waals surface area contributed by atoms with Gasteiger partial charge < -0.3 is 18.9 Å². The highest BCUT2D eigenvalue weighted by Gasteiger charge is 2.45. The van der Waals surface area contributed by atoms with Crippen LogP contribution in [0.4, 0.5) is 0 Å². The molecule has 0 bridgehead atoms. The monoisotopic (exact) mass is 356 g/mol. The topological polar surface area (TPSA) is 40.2 Å². The Morgan fingerprint density at radius 1 is 0.880 bits per heavy atom. The minimum Gasteiger partial charge on any atom is -0.370 e. The summed E-state index contributed by atoms with van der Waals surface area (Å²) in [5.74, 6) is 0.187. The molecule has 1 heterocycles. The molecule has 2 rings (SSSR count). The predicted octanol–water partition coefficient (Wildman–Crippen LogP) is 5.29. The number of ether oxygens (including phenoxy) is 4. The average molecular weight is 357 g/mol. The summed E-state index contributed by atoms with van der Waals surface area (Å²) in [4.78, 5) is 0. The summed E-state index contributed by atoms with van der Waals surface area (Å²) in [6.45, 7) is 2.26. The van der Waals surface area contributed by atoms with Crippen LogP contribution in [-0.2, 0) is 18.9 Å². The van der Waals surface area contributed by atoms with E-state index in [1.165, 1.54) is 64.2 Å². The van der Waals surface area contributed by atoms with Gasteiger partial charge in [0.2, 0.25) is 0 Å². The number of rotatable bonds is 14. The van der Waals surface area contributed by atoms with Gasteiger partial charge in [-0.1, -0.05) is 45.4 Å². The minimum absolute atomic E-state index is 0.288. The van der Waals surface area contributed by atoms with Gasteiger partial charge in [0, 0.05) is 27.2 Å². The molecule has 0 amide bonds. The summed E-state index contributed by atoms with van der Waals surface area (Å²) in [5, 5.41) is 0. The van der Waals surface area contributed by atoms with Gasteiger partial charge >= 0.3 is 0 Å². The van der Waals surface area contributed by atoms with E-state index in [-0.39, 0.29) is 5.92 Å².